The molecule has 0 aliphatic rings. The lowest BCUT2D eigenvalue weighted by molar-refractivity contribution is 0.900. The number of nitrogens with zero attached hydrogens (tertiary/aromatic N) is 2. The molecule has 0 saturated heterocycles. The zero-order valence-corrected chi connectivity index (χ0v) is 12.8. The monoisotopic (exact) mass is 295 g/mol. The van der Waals surface area contributed by atoms with Crippen molar-refractivity contribution in [1.29, 1.82) is 0 Å². The first-order chi connectivity index (χ1) is 9.13. The maximum atomic E-state index is 5.89. The molecule has 102 valence electrons. The van der Waals surface area contributed by atoms with Gasteiger partial charge in [-0.1, -0.05) is 30.7 Å². The molecule has 0 spiro atoms. The van der Waals surface area contributed by atoms with E-state index in [9.17, 15) is 0 Å². The molecule has 0 atom stereocenters. The van der Waals surface area contributed by atoms with E-state index in [1.165, 1.54) is 10.4 Å². The van der Waals surface area contributed by atoms with Crippen LogP contribution in [0.1, 0.15) is 23.1 Å². The highest BCUT2D eigenvalue weighted by Gasteiger charge is 2.12. The molecule has 19 heavy (non-hydrogen) atoms. The Balaban J connectivity index is 2.13. The molecular weight excluding hydrogens is 278 g/mol. The summed E-state index contributed by atoms with van der Waals surface area (Å²) in [6, 6.07) is 7.90. The molecule has 1 aromatic heterocycles. The maximum absolute atomic E-state index is 5.89. The molecule has 0 amide bonds. The van der Waals surface area contributed by atoms with Crippen LogP contribution in [0.4, 0.5) is 5.13 Å². The van der Waals surface area contributed by atoms with Gasteiger partial charge in [-0.2, -0.15) is 0 Å². The second-order valence-electron chi connectivity index (χ2n) is 4.41. The first-order valence-electron chi connectivity index (χ1n) is 6.28. The molecule has 2 aromatic rings. The van der Waals surface area contributed by atoms with E-state index >= 15 is 0 Å². The third-order valence-corrected chi connectivity index (χ3v) is 4.43. The molecule has 1 heterocycles. The highest BCUT2D eigenvalue weighted by atomic mass is 35.5. The van der Waals surface area contributed by atoms with Gasteiger partial charge in [-0.05, 0) is 24.1 Å². The molecule has 3 nitrogen and oxygen atoms in total. The van der Waals surface area contributed by atoms with Gasteiger partial charge < -0.3 is 10.6 Å². The summed E-state index contributed by atoms with van der Waals surface area (Å²) in [6.45, 7) is 3.49. The van der Waals surface area contributed by atoms with Crippen LogP contribution < -0.4 is 10.6 Å². The van der Waals surface area contributed by atoms with Crippen molar-refractivity contribution in [2.75, 3.05) is 11.9 Å². The van der Waals surface area contributed by atoms with E-state index in [2.05, 4.69) is 16.8 Å². The lowest BCUT2D eigenvalue weighted by atomic mass is 10.2. The van der Waals surface area contributed by atoms with E-state index in [1.807, 2.05) is 31.3 Å². The van der Waals surface area contributed by atoms with Crippen LogP contribution in [0.2, 0.25) is 5.02 Å². The third-order valence-electron chi connectivity index (χ3n) is 2.95. The van der Waals surface area contributed by atoms with Crippen molar-refractivity contribution < 1.29 is 0 Å². The minimum atomic E-state index is 0.565. The van der Waals surface area contributed by atoms with Gasteiger partial charge in [0.1, 0.15) is 0 Å². The fraction of sp³-hybridized carbons (Fsp3) is 0.357. The standard InChI is InChI=1S/C14H18ClN3S/c1-3-12-13(8-16)19-14(17-12)18(2)9-10-4-6-11(15)7-5-10/h4-7H,3,8-9,16H2,1-2H3. The van der Waals surface area contributed by atoms with Crippen LogP contribution in [0.25, 0.3) is 0 Å². The van der Waals surface area contributed by atoms with Crippen LogP contribution in [0.5, 0.6) is 0 Å². The van der Waals surface area contributed by atoms with Crippen molar-refractivity contribution in [2.45, 2.75) is 26.4 Å². The van der Waals surface area contributed by atoms with E-state index in [1.54, 1.807) is 11.3 Å². The van der Waals surface area contributed by atoms with Gasteiger partial charge in [-0.3, -0.25) is 0 Å². The first kappa shape index (κ1) is 14.3. The fourth-order valence-electron chi connectivity index (χ4n) is 1.90. The minimum absolute atomic E-state index is 0.565. The van der Waals surface area contributed by atoms with Crippen molar-refractivity contribution in [1.82, 2.24) is 4.98 Å². The van der Waals surface area contributed by atoms with Crippen molar-refractivity contribution in [2.24, 2.45) is 5.73 Å². The average Bonchev–Trinajstić information content (AvgIpc) is 2.84. The van der Waals surface area contributed by atoms with E-state index in [0.717, 1.165) is 28.8 Å². The smallest absolute Gasteiger partial charge is 0.185 e. The van der Waals surface area contributed by atoms with E-state index in [-0.39, 0.29) is 0 Å². The molecular formula is C14H18ClN3S. The van der Waals surface area contributed by atoms with Gasteiger partial charge in [-0.25, -0.2) is 4.98 Å². The summed E-state index contributed by atoms with van der Waals surface area (Å²) in [4.78, 5) is 7.98. The molecule has 2 rings (SSSR count). The summed E-state index contributed by atoms with van der Waals surface area (Å²) in [6.07, 6.45) is 0.928. The van der Waals surface area contributed by atoms with Gasteiger partial charge in [0.15, 0.2) is 5.13 Å². The number of anilines is 1. The Bertz CT molecular complexity index is 515. The van der Waals surface area contributed by atoms with E-state index in [4.69, 9.17) is 17.3 Å². The normalized spacial score (nSPS) is 10.7. The molecule has 0 aliphatic carbocycles. The number of benzene rings is 1. The molecule has 0 radical (unpaired) electrons. The lowest BCUT2D eigenvalue weighted by Gasteiger charge is -2.15. The highest BCUT2D eigenvalue weighted by molar-refractivity contribution is 7.15. The van der Waals surface area contributed by atoms with Crippen molar-refractivity contribution >= 4 is 28.1 Å². The first-order valence-corrected chi connectivity index (χ1v) is 7.47. The highest BCUT2D eigenvalue weighted by Crippen LogP contribution is 2.26. The summed E-state index contributed by atoms with van der Waals surface area (Å²) < 4.78 is 0. The predicted molar refractivity (Wildman–Crippen MR) is 82.9 cm³/mol. The molecule has 2 N–H and O–H groups in total. The molecule has 0 fully saturated rings. The van der Waals surface area contributed by atoms with Gasteiger partial charge in [0, 0.05) is 30.0 Å². The number of halogens is 1. The molecule has 0 bridgehead atoms. The summed E-state index contributed by atoms with van der Waals surface area (Å²) in [5.74, 6) is 0. The average molecular weight is 296 g/mol. The Labute approximate surface area is 123 Å². The molecule has 0 saturated carbocycles. The number of hydrogen-bond acceptors (Lipinski definition) is 4. The zero-order chi connectivity index (χ0) is 13.8. The Morgan fingerprint density at radius 3 is 2.53 bits per heavy atom. The van der Waals surface area contributed by atoms with Crippen LogP contribution in [-0.2, 0) is 19.5 Å². The van der Waals surface area contributed by atoms with Gasteiger partial charge in [0.25, 0.3) is 0 Å². The number of aromatic nitrogens is 1. The largest absolute Gasteiger partial charge is 0.347 e. The zero-order valence-electron chi connectivity index (χ0n) is 11.2. The SMILES string of the molecule is CCc1nc(N(C)Cc2ccc(Cl)cc2)sc1CN. The second-order valence-corrected chi connectivity index (χ2v) is 5.91. The number of thiazole rings is 1. The third kappa shape index (κ3) is 3.47. The van der Waals surface area contributed by atoms with Crippen LogP contribution in [0.3, 0.4) is 0 Å². The Hall–Kier alpha value is -1.10. The van der Waals surface area contributed by atoms with Crippen LogP contribution in [0.15, 0.2) is 24.3 Å². The lowest BCUT2D eigenvalue weighted by Crippen LogP contribution is -2.16. The van der Waals surface area contributed by atoms with Crippen LogP contribution in [-0.4, -0.2) is 12.0 Å². The Morgan fingerprint density at radius 2 is 2.00 bits per heavy atom. The van der Waals surface area contributed by atoms with Crippen molar-refractivity contribution in [3.8, 4) is 0 Å². The van der Waals surface area contributed by atoms with Crippen LogP contribution in [0, 0.1) is 0 Å². The maximum Gasteiger partial charge on any atom is 0.185 e. The van der Waals surface area contributed by atoms with Crippen molar-refractivity contribution in [3.05, 3.63) is 45.4 Å². The van der Waals surface area contributed by atoms with Gasteiger partial charge in [-0.15, -0.1) is 11.3 Å². The van der Waals surface area contributed by atoms with Gasteiger partial charge in [0.2, 0.25) is 0 Å². The predicted octanol–water partition coefficient (Wildman–Crippen LogP) is 3.45. The molecule has 1 aromatic carbocycles. The molecule has 0 aliphatic heterocycles. The summed E-state index contributed by atoms with van der Waals surface area (Å²) in [7, 11) is 2.05. The number of nitrogens with two attached hydrogens (primary N) is 1. The molecule has 5 heteroatoms. The Morgan fingerprint density at radius 1 is 1.32 bits per heavy atom. The molecule has 0 unspecified atom stereocenters. The van der Waals surface area contributed by atoms with Crippen molar-refractivity contribution in [3.63, 3.8) is 0 Å². The number of rotatable bonds is 5. The van der Waals surface area contributed by atoms with Gasteiger partial charge in [0.05, 0.1) is 5.69 Å². The summed E-state index contributed by atoms with van der Waals surface area (Å²) in [5.41, 5.74) is 8.08. The van der Waals surface area contributed by atoms with Crippen LogP contribution >= 0.6 is 22.9 Å². The quantitative estimate of drug-likeness (QED) is 0.918. The second kappa shape index (κ2) is 6.37. The van der Waals surface area contributed by atoms with Gasteiger partial charge >= 0.3 is 0 Å². The Kier molecular flexibility index (Phi) is 4.80. The van der Waals surface area contributed by atoms with E-state index < -0.39 is 0 Å². The fourth-order valence-corrected chi connectivity index (χ4v) is 3.01. The summed E-state index contributed by atoms with van der Waals surface area (Å²) in [5, 5.41) is 1.78. The minimum Gasteiger partial charge on any atom is -0.347 e. The topological polar surface area (TPSA) is 42.2 Å². The summed E-state index contributed by atoms with van der Waals surface area (Å²) >= 11 is 7.57. The number of hydrogen-bond donors (Lipinski definition) is 1. The number of aryl methyl sites for hydroxylation is 1. The van der Waals surface area contributed by atoms with E-state index in [0.29, 0.717) is 6.54 Å².